The molecule has 0 saturated carbocycles. The van der Waals surface area contributed by atoms with Crippen molar-refractivity contribution < 1.29 is 0 Å². The van der Waals surface area contributed by atoms with Crippen LogP contribution in [0.1, 0.15) is 0 Å². The van der Waals surface area contributed by atoms with Gasteiger partial charge in [-0.05, 0) is 30.5 Å². The zero-order valence-corrected chi connectivity index (χ0v) is 12.0. The molecule has 0 aliphatic carbocycles. The summed E-state index contributed by atoms with van der Waals surface area (Å²) in [4.78, 5) is 5.63. The molecule has 1 aromatic heterocycles. The van der Waals surface area contributed by atoms with E-state index < -0.39 is 0 Å². The van der Waals surface area contributed by atoms with Crippen LogP contribution in [0.25, 0.3) is 5.69 Å². The Morgan fingerprint density at radius 3 is 2.55 bits per heavy atom. The zero-order valence-electron chi connectivity index (χ0n) is 11.2. The first-order valence-corrected chi connectivity index (χ1v) is 7.60. The van der Waals surface area contributed by atoms with Crippen molar-refractivity contribution in [3.63, 3.8) is 0 Å². The number of thioether (sulfide) groups is 1. The molecule has 100 valence electrons. The number of nitrogens with zero attached hydrogens (tertiary/aromatic N) is 2. The van der Waals surface area contributed by atoms with Crippen LogP contribution >= 0.6 is 11.8 Å². The van der Waals surface area contributed by atoms with Gasteiger partial charge in [0.2, 0.25) is 5.95 Å². The fourth-order valence-electron chi connectivity index (χ4n) is 2.07. The Morgan fingerprint density at radius 2 is 1.75 bits per heavy atom. The number of para-hydroxylation sites is 2. The van der Waals surface area contributed by atoms with E-state index in [-0.39, 0.29) is 0 Å². The number of rotatable bonds is 4. The van der Waals surface area contributed by atoms with E-state index in [1.807, 2.05) is 48.8 Å². The molecule has 1 N–H and O–H groups in total. The maximum atomic E-state index is 4.41. The van der Waals surface area contributed by atoms with E-state index in [9.17, 15) is 0 Å². The lowest BCUT2D eigenvalue weighted by Crippen LogP contribution is -2.02. The Balaban J connectivity index is 1.98. The molecule has 3 aromatic rings. The number of hydrogen-bond donors (Lipinski definition) is 1. The Labute approximate surface area is 122 Å². The number of benzene rings is 2. The lowest BCUT2D eigenvalue weighted by molar-refractivity contribution is 1.03. The number of nitrogens with one attached hydrogen (secondary N) is 1. The van der Waals surface area contributed by atoms with Gasteiger partial charge in [0.05, 0.1) is 5.69 Å². The molecule has 0 saturated heterocycles. The largest absolute Gasteiger partial charge is 0.325 e. The summed E-state index contributed by atoms with van der Waals surface area (Å²) in [6.07, 6.45) is 5.86. The second-order valence-electron chi connectivity index (χ2n) is 4.28. The normalized spacial score (nSPS) is 10.4. The fraction of sp³-hybridized carbons (Fsp3) is 0.0625. The molecule has 0 aliphatic heterocycles. The summed E-state index contributed by atoms with van der Waals surface area (Å²) in [5.74, 6) is 0.817. The quantitative estimate of drug-likeness (QED) is 0.722. The summed E-state index contributed by atoms with van der Waals surface area (Å²) in [5, 5.41) is 3.34. The van der Waals surface area contributed by atoms with Crippen LogP contribution < -0.4 is 5.32 Å². The van der Waals surface area contributed by atoms with Crippen molar-refractivity contribution in [3.05, 3.63) is 67.0 Å². The molecule has 0 aliphatic rings. The van der Waals surface area contributed by atoms with Crippen molar-refractivity contribution in [1.29, 1.82) is 0 Å². The SMILES string of the molecule is CSc1ccccc1-n1ccnc1Nc1ccccc1. The van der Waals surface area contributed by atoms with Gasteiger partial charge in [-0.1, -0.05) is 30.3 Å². The van der Waals surface area contributed by atoms with Gasteiger partial charge >= 0.3 is 0 Å². The third kappa shape index (κ3) is 2.56. The van der Waals surface area contributed by atoms with Gasteiger partial charge in [-0.15, -0.1) is 11.8 Å². The van der Waals surface area contributed by atoms with Crippen LogP contribution in [0.5, 0.6) is 0 Å². The van der Waals surface area contributed by atoms with E-state index in [0.717, 1.165) is 17.3 Å². The van der Waals surface area contributed by atoms with Crippen LogP contribution in [-0.2, 0) is 0 Å². The average molecular weight is 281 g/mol. The highest BCUT2D eigenvalue weighted by molar-refractivity contribution is 7.98. The first-order valence-electron chi connectivity index (χ1n) is 6.37. The standard InChI is InChI=1S/C16H15N3S/c1-20-15-10-6-5-9-14(15)19-12-11-17-16(19)18-13-7-3-2-4-8-13/h2-12H,1H3,(H,17,18). The Morgan fingerprint density at radius 1 is 1.00 bits per heavy atom. The molecule has 0 spiro atoms. The van der Waals surface area contributed by atoms with Gasteiger partial charge in [0, 0.05) is 23.0 Å². The first-order chi connectivity index (χ1) is 9.88. The molecule has 20 heavy (non-hydrogen) atoms. The van der Waals surface area contributed by atoms with Crippen LogP contribution in [-0.4, -0.2) is 15.8 Å². The summed E-state index contributed by atoms with van der Waals surface area (Å²) in [7, 11) is 0. The Hall–Kier alpha value is -2.20. The van der Waals surface area contributed by atoms with Crippen LogP contribution in [0.15, 0.2) is 71.9 Å². The lowest BCUT2D eigenvalue weighted by Gasteiger charge is -2.12. The smallest absolute Gasteiger partial charge is 0.212 e. The average Bonchev–Trinajstić information content (AvgIpc) is 2.96. The Bertz CT molecular complexity index is 692. The molecule has 3 rings (SSSR count). The molecule has 2 aromatic carbocycles. The fourth-order valence-corrected chi connectivity index (χ4v) is 2.66. The van der Waals surface area contributed by atoms with Gasteiger partial charge in [-0.2, -0.15) is 0 Å². The van der Waals surface area contributed by atoms with Crippen molar-refractivity contribution in [1.82, 2.24) is 9.55 Å². The van der Waals surface area contributed by atoms with E-state index in [4.69, 9.17) is 0 Å². The molecule has 0 unspecified atom stereocenters. The van der Waals surface area contributed by atoms with Gasteiger partial charge in [-0.25, -0.2) is 4.98 Å². The molecule has 0 atom stereocenters. The van der Waals surface area contributed by atoms with Gasteiger partial charge in [-0.3, -0.25) is 4.57 Å². The predicted octanol–water partition coefficient (Wildman–Crippen LogP) is 4.34. The van der Waals surface area contributed by atoms with E-state index in [1.165, 1.54) is 4.90 Å². The van der Waals surface area contributed by atoms with Gasteiger partial charge in [0.25, 0.3) is 0 Å². The molecule has 1 heterocycles. The second-order valence-corrected chi connectivity index (χ2v) is 5.13. The molecule has 0 amide bonds. The minimum absolute atomic E-state index is 0.817. The predicted molar refractivity (Wildman–Crippen MR) is 85.1 cm³/mol. The van der Waals surface area contributed by atoms with Crippen LogP contribution in [0.4, 0.5) is 11.6 Å². The minimum atomic E-state index is 0.817. The van der Waals surface area contributed by atoms with Gasteiger partial charge in [0.1, 0.15) is 0 Å². The third-order valence-corrected chi connectivity index (χ3v) is 3.80. The summed E-state index contributed by atoms with van der Waals surface area (Å²) in [6, 6.07) is 18.4. The molecule has 0 radical (unpaired) electrons. The maximum absolute atomic E-state index is 4.41. The van der Waals surface area contributed by atoms with Crippen LogP contribution in [0.3, 0.4) is 0 Å². The van der Waals surface area contributed by atoms with Crippen molar-refractivity contribution in [2.75, 3.05) is 11.6 Å². The van der Waals surface area contributed by atoms with E-state index in [1.54, 1.807) is 11.8 Å². The molecule has 3 nitrogen and oxygen atoms in total. The maximum Gasteiger partial charge on any atom is 0.212 e. The molecular formula is C16H15N3S. The monoisotopic (exact) mass is 281 g/mol. The van der Waals surface area contributed by atoms with Crippen LogP contribution in [0, 0.1) is 0 Å². The number of imidazole rings is 1. The minimum Gasteiger partial charge on any atom is -0.325 e. The highest BCUT2D eigenvalue weighted by Gasteiger charge is 2.08. The second kappa shape index (κ2) is 5.84. The topological polar surface area (TPSA) is 29.9 Å². The summed E-state index contributed by atoms with van der Waals surface area (Å²) in [5.41, 5.74) is 2.16. The van der Waals surface area contributed by atoms with Crippen molar-refractivity contribution >= 4 is 23.4 Å². The first kappa shape index (κ1) is 12.8. The Kier molecular flexibility index (Phi) is 3.74. The summed E-state index contributed by atoms with van der Waals surface area (Å²) >= 11 is 1.73. The number of anilines is 2. The highest BCUT2D eigenvalue weighted by Crippen LogP contribution is 2.26. The van der Waals surface area contributed by atoms with Gasteiger partial charge in [0.15, 0.2) is 0 Å². The molecular weight excluding hydrogens is 266 g/mol. The van der Waals surface area contributed by atoms with E-state index in [0.29, 0.717) is 0 Å². The molecule has 0 bridgehead atoms. The van der Waals surface area contributed by atoms with Crippen LogP contribution in [0.2, 0.25) is 0 Å². The van der Waals surface area contributed by atoms with Crippen molar-refractivity contribution in [2.24, 2.45) is 0 Å². The summed E-state index contributed by atoms with van der Waals surface area (Å²) in [6.45, 7) is 0. The highest BCUT2D eigenvalue weighted by atomic mass is 32.2. The number of aromatic nitrogens is 2. The lowest BCUT2D eigenvalue weighted by atomic mass is 10.3. The zero-order chi connectivity index (χ0) is 13.8. The van der Waals surface area contributed by atoms with Crippen molar-refractivity contribution in [2.45, 2.75) is 4.90 Å². The van der Waals surface area contributed by atoms with E-state index in [2.05, 4.69) is 39.3 Å². The molecule has 0 fully saturated rings. The molecule has 4 heteroatoms. The summed E-state index contributed by atoms with van der Waals surface area (Å²) < 4.78 is 2.07. The van der Waals surface area contributed by atoms with Crippen molar-refractivity contribution in [3.8, 4) is 5.69 Å². The van der Waals surface area contributed by atoms with Gasteiger partial charge < -0.3 is 5.32 Å². The van der Waals surface area contributed by atoms with E-state index >= 15 is 0 Å². The number of hydrogen-bond acceptors (Lipinski definition) is 3. The third-order valence-electron chi connectivity index (χ3n) is 3.02.